The molecule has 148 valence electrons. The molecular formula is C20H33NO5. The Labute approximate surface area is 156 Å². The highest BCUT2D eigenvalue weighted by Crippen LogP contribution is 2.16. The zero-order valence-electron chi connectivity index (χ0n) is 16.3. The van der Waals surface area contributed by atoms with E-state index in [0.29, 0.717) is 13.2 Å². The van der Waals surface area contributed by atoms with Crippen LogP contribution in [-0.4, -0.2) is 48.5 Å². The number of esters is 2. The van der Waals surface area contributed by atoms with E-state index in [2.05, 4.69) is 13.5 Å². The van der Waals surface area contributed by atoms with Crippen LogP contribution in [0.3, 0.4) is 0 Å². The molecule has 1 unspecified atom stereocenters. The molecule has 0 aliphatic carbocycles. The van der Waals surface area contributed by atoms with Gasteiger partial charge in [0, 0.05) is 18.2 Å². The minimum Gasteiger partial charge on any atom is -0.465 e. The normalized spacial score (nSPS) is 16.4. The van der Waals surface area contributed by atoms with Crippen LogP contribution < -0.4 is 0 Å². The highest BCUT2D eigenvalue weighted by molar-refractivity contribution is 5.94. The smallest absolute Gasteiger partial charge is 0.334 e. The monoisotopic (exact) mass is 367 g/mol. The molecule has 0 aromatic rings. The van der Waals surface area contributed by atoms with Crippen molar-refractivity contribution < 1.29 is 23.9 Å². The van der Waals surface area contributed by atoms with E-state index in [9.17, 15) is 14.4 Å². The van der Waals surface area contributed by atoms with Crippen LogP contribution in [0.25, 0.3) is 0 Å². The molecule has 0 N–H and O–H groups in total. The second-order valence-corrected chi connectivity index (χ2v) is 6.92. The predicted molar refractivity (Wildman–Crippen MR) is 99.5 cm³/mol. The Balaban J connectivity index is 2.14. The summed E-state index contributed by atoms with van der Waals surface area (Å²) in [6.45, 7) is 8.46. The number of amides is 1. The summed E-state index contributed by atoms with van der Waals surface area (Å²) >= 11 is 0. The Kier molecular flexibility index (Phi) is 10.7. The Morgan fingerprint density at radius 3 is 2.42 bits per heavy atom. The first-order valence-corrected chi connectivity index (χ1v) is 9.75. The van der Waals surface area contributed by atoms with Crippen LogP contribution in [0.15, 0.2) is 12.2 Å². The van der Waals surface area contributed by atoms with E-state index >= 15 is 0 Å². The van der Waals surface area contributed by atoms with Crippen LogP contribution in [0.5, 0.6) is 0 Å². The predicted octanol–water partition coefficient (Wildman–Crippen LogP) is 3.39. The third-order valence-electron chi connectivity index (χ3n) is 4.61. The Morgan fingerprint density at radius 2 is 1.77 bits per heavy atom. The highest BCUT2D eigenvalue weighted by Gasteiger charge is 2.26. The molecule has 1 amide bonds. The van der Waals surface area contributed by atoms with Gasteiger partial charge in [-0.3, -0.25) is 9.59 Å². The van der Waals surface area contributed by atoms with E-state index < -0.39 is 11.9 Å². The fraction of sp³-hybridized carbons (Fsp3) is 0.750. The Bertz CT molecular complexity index is 489. The number of likely N-dealkylation sites (tertiary alicyclic amines) is 1. The summed E-state index contributed by atoms with van der Waals surface area (Å²) in [4.78, 5) is 37.3. The van der Waals surface area contributed by atoms with E-state index in [0.717, 1.165) is 32.1 Å². The van der Waals surface area contributed by atoms with E-state index in [1.54, 1.807) is 4.90 Å². The van der Waals surface area contributed by atoms with E-state index in [-0.39, 0.29) is 30.5 Å². The molecular weight excluding hydrogens is 334 g/mol. The molecule has 0 radical (unpaired) electrons. The minimum absolute atomic E-state index is 0.0141. The van der Waals surface area contributed by atoms with Gasteiger partial charge < -0.3 is 14.4 Å². The van der Waals surface area contributed by atoms with E-state index in [4.69, 9.17) is 9.47 Å². The van der Waals surface area contributed by atoms with Crippen molar-refractivity contribution in [2.75, 3.05) is 19.8 Å². The van der Waals surface area contributed by atoms with Gasteiger partial charge in [0.05, 0.1) is 13.0 Å². The van der Waals surface area contributed by atoms with E-state index in [1.165, 1.54) is 19.3 Å². The second kappa shape index (κ2) is 12.5. The molecule has 6 nitrogen and oxygen atoms in total. The van der Waals surface area contributed by atoms with Gasteiger partial charge in [0.2, 0.25) is 0 Å². The molecule has 0 saturated carbocycles. The summed E-state index contributed by atoms with van der Waals surface area (Å²) < 4.78 is 10.1. The molecule has 26 heavy (non-hydrogen) atoms. The molecule has 1 aliphatic heterocycles. The van der Waals surface area contributed by atoms with Crippen LogP contribution in [-0.2, 0) is 23.9 Å². The number of hydrogen-bond acceptors (Lipinski definition) is 5. The topological polar surface area (TPSA) is 72.9 Å². The maximum atomic E-state index is 12.0. The number of hydrogen-bond donors (Lipinski definition) is 0. The molecule has 1 atom stereocenters. The van der Waals surface area contributed by atoms with E-state index in [1.807, 2.05) is 6.92 Å². The maximum absolute atomic E-state index is 12.0. The van der Waals surface area contributed by atoms with Gasteiger partial charge in [-0.2, -0.15) is 0 Å². The number of unbranched alkanes of at least 4 members (excludes halogenated alkanes) is 5. The van der Waals surface area contributed by atoms with Crippen molar-refractivity contribution in [1.29, 1.82) is 0 Å². The lowest BCUT2D eigenvalue weighted by atomic mass is 10.1. The SMILES string of the molecule is C=C(CC(=O)OCCCCCCCC)C(=O)OCC(=O)N1CCCC1C. The average Bonchev–Trinajstić information content (AvgIpc) is 3.04. The van der Waals surface area contributed by atoms with Gasteiger partial charge in [-0.15, -0.1) is 0 Å². The van der Waals surface area contributed by atoms with Crippen molar-refractivity contribution in [3.63, 3.8) is 0 Å². The molecule has 1 fully saturated rings. The van der Waals surface area contributed by atoms with Crippen molar-refractivity contribution in [2.24, 2.45) is 0 Å². The van der Waals surface area contributed by atoms with Gasteiger partial charge in [-0.25, -0.2) is 4.79 Å². The summed E-state index contributed by atoms with van der Waals surface area (Å²) in [5.74, 6) is -1.41. The van der Waals surface area contributed by atoms with Gasteiger partial charge in [-0.05, 0) is 26.2 Å². The van der Waals surface area contributed by atoms with Crippen molar-refractivity contribution >= 4 is 17.8 Å². The number of rotatable bonds is 12. The first kappa shape index (κ1) is 22.2. The van der Waals surface area contributed by atoms with Gasteiger partial charge in [-0.1, -0.05) is 45.6 Å². The molecule has 0 aromatic carbocycles. The molecule has 1 heterocycles. The van der Waals surface area contributed by atoms with Crippen molar-refractivity contribution in [3.05, 3.63) is 12.2 Å². The van der Waals surface area contributed by atoms with Crippen LogP contribution in [0, 0.1) is 0 Å². The van der Waals surface area contributed by atoms with Crippen molar-refractivity contribution in [3.8, 4) is 0 Å². The molecule has 0 bridgehead atoms. The quantitative estimate of drug-likeness (QED) is 0.300. The van der Waals surface area contributed by atoms with Crippen molar-refractivity contribution in [1.82, 2.24) is 4.90 Å². The lowest BCUT2D eigenvalue weighted by molar-refractivity contribution is -0.150. The molecule has 0 aromatic heterocycles. The van der Waals surface area contributed by atoms with Crippen LogP contribution >= 0.6 is 0 Å². The Hall–Kier alpha value is -1.85. The summed E-state index contributed by atoms with van der Waals surface area (Å²) in [5.41, 5.74) is 0.0141. The highest BCUT2D eigenvalue weighted by atomic mass is 16.5. The van der Waals surface area contributed by atoms with Crippen LogP contribution in [0.1, 0.15) is 71.6 Å². The van der Waals surface area contributed by atoms with Crippen molar-refractivity contribution in [2.45, 2.75) is 77.7 Å². The molecule has 1 aliphatic rings. The number of ether oxygens (including phenoxy) is 2. The lowest BCUT2D eigenvalue weighted by Gasteiger charge is -2.21. The third-order valence-corrected chi connectivity index (χ3v) is 4.61. The van der Waals surface area contributed by atoms with Gasteiger partial charge in [0.1, 0.15) is 0 Å². The Morgan fingerprint density at radius 1 is 1.08 bits per heavy atom. The molecule has 1 rings (SSSR count). The zero-order chi connectivity index (χ0) is 19.4. The van der Waals surface area contributed by atoms with Crippen LogP contribution in [0.4, 0.5) is 0 Å². The molecule has 0 spiro atoms. The summed E-state index contributed by atoms with van der Waals surface area (Å²) in [7, 11) is 0. The maximum Gasteiger partial charge on any atom is 0.334 e. The summed E-state index contributed by atoms with van der Waals surface area (Å²) in [6, 6.07) is 0.182. The zero-order valence-corrected chi connectivity index (χ0v) is 16.3. The standard InChI is InChI=1S/C20H33NO5/c1-4-5-6-7-8-9-13-25-19(23)14-16(2)20(24)26-15-18(22)21-12-10-11-17(21)3/h17H,2,4-15H2,1,3H3. The summed E-state index contributed by atoms with van der Waals surface area (Å²) in [5, 5.41) is 0. The minimum atomic E-state index is -0.721. The summed E-state index contributed by atoms with van der Waals surface area (Å²) in [6.07, 6.45) is 8.40. The molecule has 1 saturated heterocycles. The fourth-order valence-corrected chi connectivity index (χ4v) is 2.98. The lowest BCUT2D eigenvalue weighted by Crippen LogP contribution is -2.37. The molecule has 6 heteroatoms. The number of carbonyl (C=O) groups excluding carboxylic acids is 3. The van der Waals surface area contributed by atoms with Gasteiger partial charge in [0.25, 0.3) is 5.91 Å². The van der Waals surface area contributed by atoms with Gasteiger partial charge >= 0.3 is 11.9 Å². The third kappa shape index (κ3) is 8.50. The number of nitrogens with zero attached hydrogens (tertiary/aromatic N) is 1. The van der Waals surface area contributed by atoms with Gasteiger partial charge in [0.15, 0.2) is 6.61 Å². The average molecular weight is 367 g/mol. The van der Waals surface area contributed by atoms with Crippen LogP contribution in [0.2, 0.25) is 0 Å². The first-order valence-electron chi connectivity index (χ1n) is 9.75. The second-order valence-electron chi connectivity index (χ2n) is 6.92. The number of carbonyl (C=O) groups is 3. The largest absolute Gasteiger partial charge is 0.465 e. The fourth-order valence-electron chi connectivity index (χ4n) is 2.98. The first-order chi connectivity index (χ1) is 12.5.